The molecule has 0 aliphatic carbocycles. The van der Waals surface area contributed by atoms with Gasteiger partial charge in [0.1, 0.15) is 0 Å². The number of hydrogen-bond donors (Lipinski definition) is 1. The number of aromatic nitrogens is 1. The molecule has 160 valence electrons. The summed E-state index contributed by atoms with van der Waals surface area (Å²) in [4.78, 5) is 33.3. The third-order valence-corrected chi connectivity index (χ3v) is 5.96. The molecule has 1 atom stereocenters. The maximum Gasteiger partial charge on any atom is 0.409 e. The highest BCUT2D eigenvalue weighted by atomic mass is 16.6. The minimum absolute atomic E-state index is 0.0319. The van der Waals surface area contributed by atoms with Crippen molar-refractivity contribution in [1.29, 1.82) is 0 Å². The molecule has 2 aliphatic heterocycles. The molecule has 0 bridgehead atoms. The van der Waals surface area contributed by atoms with E-state index in [2.05, 4.69) is 22.1 Å². The highest BCUT2D eigenvalue weighted by molar-refractivity contribution is 5.78. The number of piperidine rings is 2. The normalized spacial score (nSPS) is 21.0. The van der Waals surface area contributed by atoms with E-state index in [1.165, 1.54) is 0 Å². The van der Waals surface area contributed by atoms with E-state index in [0.717, 1.165) is 70.4 Å². The van der Waals surface area contributed by atoms with Crippen LogP contribution in [0.5, 0.6) is 0 Å². The zero-order valence-electron chi connectivity index (χ0n) is 17.5. The van der Waals surface area contributed by atoms with Crippen LogP contribution in [-0.4, -0.2) is 65.6 Å². The van der Waals surface area contributed by atoms with Gasteiger partial charge in [0.05, 0.1) is 24.8 Å². The van der Waals surface area contributed by atoms with Crippen LogP contribution < -0.4 is 5.32 Å². The fourth-order valence-corrected chi connectivity index (χ4v) is 4.19. The van der Waals surface area contributed by atoms with Gasteiger partial charge in [0.15, 0.2) is 0 Å². The van der Waals surface area contributed by atoms with Gasteiger partial charge in [0.2, 0.25) is 5.91 Å². The summed E-state index contributed by atoms with van der Waals surface area (Å²) < 4.78 is 5.33. The smallest absolute Gasteiger partial charge is 0.409 e. The first-order valence-electron chi connectivity index (χ1n) is 11.0. The highest BCUT2D eigenvalue weighted by Crippen LogP contribution is 2.24. The topological polar surface area (TPSA) is 74.8 Å². The fraction of sp³-hybridized carbons (Fsp3) is 0.682. The zero-order chi connectivity index (χ0) is 20.5. The van der Waals surface area contributed by atoms with E-state index in [-0.39, 0.29) is 17.9 Å². The van der Waals surface area contributed by atoms with Crippen LogP contribution in [0.1, 0.15) is 51.1 Å². The summed E-state index contributed by atoms with van der Waals surface area (Å²) in [6.07, 6.45) is 7.39. The predicted octanol–water partition coefficient (Wildman–Crippen LogP) is 2.81. The lowest BCUT2D eigenvalue weighted by molar-refractivity contribution is -0.127. The first-order chi connectivity index (χ1) is 14.2. The molecular weight excluding hydrogens is 368 g/mol. The van der Waals surface area contributed by atoms with E-state index in [1.807, 2.05) is 23.1 Å². The van der Waals surface area contributed by atoms with Crippen molar-refractivity contribution in [3.63, 3.8) is 0 Å². The van der Waals surface area contributed by atoms with Gasteiger partial charge in [-0.1, -0.05) is 19.4 Å². The average Bonchev–Trinajstić information content (AvgIpc) is 2.78. The van der Waals surface area contributed by atoms with Crippen LogP contribution in [0.15, 0.2) is 24.4 Å². The Hall–Kier alpha value is -2.15. The minimum atomic E-state index is -0.178. The number of nitrogens with one attached hydrogen (secondary N) is 1. The number of carbonyl (C=O) groups is 2. The second-order valence-corrected chi connectivity index (χ2v) is 8.06. The number of carbonyl (C=O) groups excluding carboxylic acids is 2. The lowest BCUT2D eigenvalue weighted by Gasteiger charge is -2.41. The van der Waals surface area contributed by atoms with Gasteiger partial charge in [-0.3, -0.25) is 14.7 Å². The molecule has 1 aromatic rings. The first-order valence-corrected chi connectivity index (χ1v) is 11.0. The molecule has 2 aliphatic rings. The Bertz CT molecular complexity index is 647. The first kappa shape index (κ1) is 21.6. The van der Waals surface area contributed by atoms with Crippen LogP contribution in [0.3, 0.4) is 0 Å². The summed E-state index contributed by atoms with van der Waals surface area (Å²) >= 11 is 0. The van der Waals surface area contributed by atoms with E-state index in [9.17, 15) is 9.59 Å². The van der Waals surface area contributed by atoms with Crippen molar-refractivity contribution in [3.05, 3.63) is 30.1 Å². The van der Waals surface area contributed by atoms with Crippen LogP contribution in [0, 0.1) is 5.92 Å². The van der Waals surface area contributed by atoms with E-state index in [4.69, 9.17) is 4.74 Å². The van der Waals surface area contributed by atoms with Crippen molar-refractivity contribution < 1.29 is 14.3 Å². The number of unbranched alkanes of at least 4 members (excludes halogenated alkanes) is 1. The molecule has 3 rings (SSSR count). The molecule has 0 saturated carbocycles. The largest absolute Gasteiger partial charge is 0.449 e. The van der Waals surface area contributed by atoms with E-state index in [0.29, 0.717) is 19.2 Å². The number of likely N-dealkylation sites (tertiary alicyclic amines) is 2. The van der Waals surface area contributed by atoms with E-state index < -0.39 is 0 Å². The fourth-order valence-electron chi connectivity index (χ4n) is 4.19. The summed E-state index contributed by atoms with van der Waals surface area (Å²) in [5, 5.41) is 3.04. The lowest BCUT2D eigenvalue weighted by Crippen LogP contribution is -2.51. The Balaban J connectivity index is 1.41. The maximum atomic E-state index is 12.6. The van der Waals surface area contributed by atoms with Crippen molar-refractivity contribution in [2.24, 2.45) is 5.92 Å². The second kappa shape index (κ2) is 11.1. The lowest BCUT2D eigenvalue weighted by atomic mass is 9.93. The quantitative estimate of drug-likeness (QED) is 0.710. The van der Waals surface area contributed by atoms with Gasteiger partial charge < -0.3 is 15.0 Å². The number of pyridine rings is 1. The molecule has 7 heteroatoms. The third-order valence-electron chi connectivity index (χ3n) is 5.96. The Morgan fingerprint density at radius 3 is 2.76 bits per heavy atom. The molecule has 1 aromatic heterocycles. The zero-order valence-corrected chi connectivity index (χ0v) is 17.5. The molecule has 7 nitrogen and oxygen atoms in total. The maximum absolute atomic E-state index is 12.6. The van der Waals surface area contributed by atoms with Crippen LogP contribution in [-0.2, 0) is 16.1 Å². The van der Waals surface area contributed by atoms with Crippen molar-refractivity contribution >= 4 is 12.0 Å². The SMILES string of the molecule is CCCCOC(=O)N1CCC(N2CCCC(C(=O)NCc3ccccn3)C2)CC1. The molecule has 2 fully saturated rings. The summed E-state index contributed by atoms with van der Waals surface area (Å²) in [6, 6.07) is 6.18. The molecule has 29 heavy (non-hydrogen) atoms. The van der Waals surface area contributed by atoms with Crippen molar-refractivity contribution in [3.8, 4) is 0 Å². The van der Waals surface area contributed by atoms with Crippen molar-refractivity contribution in [2.45, 2.75) is 58.0 Å². The summed E-state index contributed by atoms with van der Waals surface area (Å²) in [6.45, 7) is 6.40. The van der Waals surface area contributed by atoms with Crippen LogP contribution >= 0.6 is 0 Å². The van der Waals surface area contributed by atoms with Crippen LogP contribution in [0.4, 0.5) is 4.79 Å². The number of nitrogens with zero attached hydrogens (tertiary/aromatic N) is 3. The molecule has 0 radical (unpaired) electrons. The van der Waals surface area contributed by atoms with Gasteiger partial charge in [0.25, 0.3) is 0 Å². The monoisotopic (exact) mass is 402 g/mol. The van der Waals surface area contributed by atoms with E-state index >= 15 is 0 Å². The van der Waals surface area contributed by atoms with Crippen LogP contribution in [0.2, 0.25) is 0 Å². The summed E-state index contributed by atoms with van der Waals surface area (Å²) in [5.41, 5.74) is 0.881. The van der Waals surface area contributed by atoms with Gasteiger partial charge in [-0.2, -0.15) is 0 Å². The standard InChI is InChI=1S/C22H34N4O3/c1-2-3-15-29-22(28)25-13-9-20(10-14-25)26-12-6-7-18(17-26)21(27)24-16-19-8-4-5-11-23-19/h4-5,8,11,18,20H,2-3,6-7,9-10,12-17H2,1H3,(H,24,27). The Morgan fingerprint density at radius 1 is 1.21 bits per heavy atom. The number of rotatable bonds is 7. The molecular formula is C22H34N4O3. The van der Waals surface area contributed by atoms with Gasteiger partial charge in [-0.15, -0.1) is 0 Å². The molecule has 0 aromatic carbocycles. The average molecular weight is 403 g/mol. The molecule has 2 saturated heterocycles. The number of amides is 2. The van der Waals surface area contributed by atoms with Gasteiger partial charge in [-0.25, -0.2) is 4.79 Å². The summed E-state index contributed by atoms with van der Waals surface area (Å²) in [5.74, 6) is 0.154. The van der Waals surface area contributed by atoms with Gasteiger partial charge >= 0.3 is 6.09 Å². The van der Waals surface area contributed by atoms with Crippen molar-refractivity contribution in [2.75, 3.05) is 32.8 Å². The molecule has 0 spiro atoms. The van der Waals surface area contributed by atoms with Gasteiger partial charge in [0, 0.05) is 31.9 Å². The molecule has 2 amide bonds. The molecule has 3 heterocycles. The Labute approximate surface area is 173 Å². The molecule has 1 N–H and O–H groups in total. The minimum Gasteiger partial charge on any atom is -0.449 e. The van der Waals surface area contributed by atoms with E-state index in [1.54, 1.807) is 6.20 Å². The van der Waals surface area contributed by atoms with Crippen LogP contribution in [0.25, 0.3) is 0 Å². The third kappa shape index (κ3) is 6.42. The Kier molecular flexibility index (Phi) is 8.28. The summed E-state index contributed by atoms with van der Waals surface area (Å²) in [7, 11) is 0. The number of ether oxygens (including phenoxy) is 1. The molecule has 1 unspecified atom stereocenters. The number of hydrogen-bond acceptors (Lipinski definition) is 5. The predicted molar refractivity (Wildman–Crippen MR) is 111 cm³/mol. The second-order valence-electron chi connectivity index (χ2n) is 8.06. The Morgan fingerprint density at radius 2 is 2.03 bits per heavy atom. The highest BCUT2D eigenvalue weighted by Gasteiger charge is 2.32. The van der Waals surface area contributed by atoms with Gasteiger partial charge in [-0.05, 0) is 50.8 Å². The van der Waals surface area contributed by atoms with Crippen molar-refractivity contribution in [1.82, 2.24) is 20.1 Å².